The fraction of sp³-hybridized carbons (Fsp3) is 0.111. The maximum Gasteiger partial charge on any atom is 0.111 e. The normalized spacial score (nSPS) is 10.5. The number of aromatic nitrogens is 1. The van der Waals surface area contributed by atoms with Crippen LogP contribution in [0, 0.1) is 0 Å². The van der Waals surface area contributed by atoms with Crippen LogP contribution in [-0.2, 0) is 0 Å². The van der Waals surface area contributed by atoms with E-state index in [1.807, 2.05) is 30.3 Å². The number of hydrogen-bond acceptors (Lipinski definition) is 2. The Morgan fingerprint density at radius 2 is 2.08 bits per heavy atom. The molecule has 2 rings (SSSR count). The second-order valence-corrected chi connectivity index (χ2v) is 3.00. The zero-order valence-corrected chi connectivity index (χ0v) is 7.58. The van der Waals surface area contributed by atoms with E-state index in [0.717, 1.165) is 15.9 Å². The van der Waals surface area contributed by atoms with Gasteiger partial charge in [-0.25, -0.2) is 0 Å². The van der Waals surface area contributed by atoms with E-state index in [2.05, 4.69) is 12.6 Å². The number of para-hydroxylation sites is 1. The van der Waals surface area contributed by atoms with Crippen LogP contribution in [0.2, 0.25) is 0 Å². The Hall–Kier alpha value is -1.09. The predicted molar refractivity (Wildman–Crippen MR) is 51.7 cm³/mol. The Morgan fingerprint density at radius 1 is 1.33 bits per heavy atom. The highest BCUT2D eigenvalue weighted by molar-refractivity contribution is 7.80. The molecular formula is C9H9NOS. The van der Waals surface area contributed by atoms with Gasteiger partial charge in [-0.15, -0.1) is 12.6 Å². The number of fused-ring (bicyclic) bond motifs is 1. The molecule has 0 spiro atoms. The predicted octanol–water partition coefficient (Wildman–Crippen LogP) is 1.99. The summed E-state index contributed by atoms with van der Waals surface area (Å²) in [5.74, 6) is 0. The Balaban J connectivity index is 2.81. The van der Waals surface area contributed by atoms with E-state index in [4.69, 9.17) is 4.84 Å². The first-order chi connectivity index (χ1) is 5.83. The summed E-state index contributed by atoms with van der Waals surface area (Å²) >= 11 is 4.27. The van der Waals surface area contributed by atoms with Crippen molar-refractivity contribution >= 4 is 23.5 Å². The summed E-state index contributed by atoms with van der Waals surface area (Å²) < 4.78 is 1.69. The molecule has 62 valence electrons. The summed E-state index contributed by atoms with van der Waals surface area (Å²) in [4.78, 5) is 5.14. The summed E-state index contributed by atoms with van der Waals surface area (Å²) in [5, 5.41) is 1.96. The third-order valence-electron chi connectivity index (χ3n) is 1.83. The fourth-order valence-electron chi connectivity index (χ4n) is 1.31. The Kier molecular flexibility index (Phi) is 1.73. The van der Waals surface area contributed by atoms with Crippen molar-refractivity contribution < 1.29 is 4.84 Å². The van der Waals surface area contributed by atoms with Crippen LogP contribution in [0.4, 0.5) is 0 Å². The molecule has 12 heavy (non-hydrogen) atoms. The standard InChI is InChI=1S/C9H9NOS/c1-11-10-8-5-3-2-4-7(8)6-9(10)12/h2-6,12H,1H3. The molecule has 0 N–H and O–H groups in total. The molecule has 0 unspecified atom stereocenters. The Morgan fingerprint density at radius 3 is 2.83 bits per heavy atom. The molecular weight excluding hydrogens is 170 g/mol. The molecule has 2 nitrogen and oxygen atoms in total. The van der Waals surface area contributed by atoms with Gasteiger partial charge < -0.3 is 4.84 Å². The first-order valence-electron chi connectivity index (χ1n) is 3.67. The average Bonchev–Trinajstić information content (AvgIpc) is 2.40. The molecule has 0 saturated carbocycles. The molecule has 0 saturated heterocycles. The molecule has 0 atom stereocenters. The number of nitrogens with zero attached hydrogens (tertiary/aromatic N) is 1. The van der Waals surface area contributed by atoms with Crippen molar-refractivity contribution in [3.05, 3.63) is 30.3 Å². The zero-order chi connectivity index (χ0) is 8.55. The van der Waals surface area contributed by atoms with E-state index >= 15 is 0 Å². The molecule has 3 heteroatoms. The number of rotatable bonds is 1. The molecule has 0 aliphatic heterocycles. The third-order valence-corrected chi connectivity index (χ3v) is 2.14. The summed E-state index contributed by atoms with van der Waals surface area (Å²) in [5.41, 5.74) is 1.05. The molecule has 0 bridgehead atoms. The third kappa shape index (κ3) is 0.975. The van der Waals surface area contributed by atoms with Crippen LogP contribution in [0.15, 0.2) is 35.4 Å². The van der Waals surface area contributed by atoms with Gasteiger partial charge >= 0.3 is 0 Å². The van der Waals surface area contributed by atoms with Gasteiger partial charge in [-0.2, -0.15) is 4.73 Å². The van der Waals surface area contributed by atoms with Crippen molar-refractivity contribution in [3.8, 4) is 0 Å². The first-order valence-corrected chi connectivity index (χ1v) is 4.11. The largest absolute Gasteiger partial charge is 0.416 e. The van der Waals surface area contributed by atoms with Crippen LogP contribution in [0.25, 0.3) is 10.9 Å². The maximum absolute atomic E-state index is 5.14. The lowest BCUT2D eigenvalue weighted by Crippen LogP contribution is -2.04. The Bertz CT molecular complexity index is 408. The van der Waals surface area contributed by atoms with Crippen LogP contribution >= 0.6 is 12.6 Å². The Labute approximate surface area is 76.1 Å². The van der Waals surface area contributed by atoms with Crippen molar-refractivity contribution in [2.75, 3.05) is 7.11 Å². The highest BCUT2D eigenvalue weighted by Crippen LogP contribution is 2.20. The van der Waals surface area contributed by atoms with Gasteiger partial charge in [-0.05, 0) is 12.1 Å². The van der Waals surface area contributed by atoms with Gasteiger partial charge in [0.15, 0.2) is 0 Å². The summed E-state index contributed by atoms with van der Waals surface area (Å²) in [6, 6.07) is 9.98. The SMILES string of the molecule is COn1c(S)cc2ccccc21. The lowest BCUT2D eigenvalue weighted by Gasteiger charge is -2.03. The minimum Gasteiger partial charge on any atom is -0.416 e. The molecule has 1 aromatic carbocycles. The van der Waals surface area contributed by atoms with Crippen LogP contribution in [0.5, 0.6) is 0 Å². The molecule has 0 radical (unpaired) electrons. The van der Waals surface area contributed by atoms with Crippen molar-refractivity contribution in [3.63, 3.8) is 0 Å². The quantitative estimate of drug-likeness (QED) is 0.661. The smallest absolute Gasteiger partial charge is 0.111 e. The van der Waals surface area contributed by atoms with Gasteiger partial charge in [0.2, 0.25) is 0 Å². The van der Waals surface area contributed by atoms with E-state index in [9.17, 15) is 0 Å². The molecule has 0 fully saturated rings. The van der Waals surface area contributed by atoms with Crippen molar-refractivity contribution in [2.24, 2.45) is 0 Å². The minimum atomic E-state index is 0.818. The molecule has 0 aliphatic carbocycles. The fourth-order valence-corrected chi connectivity index (χ4v) is 1.64. The summed E-state index contributed by atoms with van der Waals surface area (Å²) in [7, 11) is 1.63. The van der Waals surface area contributed by atoms with Crippen LogP contribution in [0.1, 0.15) is 0 Å². The zero-order valence-electron chi connectivity index (χ0n) is 6.69. The first kappa shape index (κ1) is 7.55. The number of thiol groups is 1. The van der Waals surface area contributed by atoms with Gasteiger partial charge in [-0.1, -0.05) is 18.2 Å². The van der Waals surface area contributed by atoms with Gasteiger partial charge in [-0.3, -0.25) is 0 Å². The van der Waals surface area contributed by atoms with E-state index in [1.54, 1.807) is 11.8 Å². The molecule has 0 amide bonds. The van der Waals surface area contributed by atoms with Crippen LogP contribution in [0.3, 0.4) is 0 Å². The highest BCUT2D eigenvalue weighted by atomic mass is 32.1. The van der Waals surface area contributed by atoms with Gasteiger partial charge in [0.1, 0.15) is 12.1 Å². The second-order valence-electron chi connectivity index (χ2n) is 2.54. The van der Waals surface area contributed by atoms with Crippen molar-refractivity contribution in [1.82, 2.24) is 4.73 Å². The van der Waals surface area contributed by atoms with Crippen molar-refractivity contribution in [2.45, 2.75) is 5.03 Å². The highest BCUT2D eigenvalue weighted by Gasteiger charge is 2.03. The average molecular weight is 179 g/mol. The van der Waals surface area contributed by atoms with E-state index in [-0.39, 0.29) is 0 Å². The maximum atomic E-state index is 5.14. The van der Waals surface area contributed by atoms with Crippen LogP contribution in [-0.4, -0.2) is 11.8 Å². The van der Waals surface area contributed by atoms with Gasteiger partial charge in [0.05, 0.1) is 5.52 Å². The van der Waals surface area contributed by atoms with Crippen molar-refractivity contribution in [1.29, 1.82) is 0 Å². The number of hydrogen-bond donors (Lipinski definition) is 1. The second kappa shape index (κ2) is 2.75. The molecule has 1 aromatic heterocycles. The van der Waals surface area contributed by atoms with E-state index < -0.39 is 0 Å². The lowest BCUT2D eigenvalue weighted by molar-refractivity contribution is 0.159. The van der Waals surface area contributed by atoms with Gasteiger partial charge in [0, 0.05) is 5.39 Å². The molecule has 1 heterocycles. The minimum absolute atomic E-state index is 0.818. The molecule has 0 aliphatic rings. The van der Waals surface area contributed by atoms with Crippen LogP contribution < -0.4 is 4.84 Å². The van der Waals surface area contributed by atoms with E-state index in [0.29, 0.717) is 0 Å². The van der Waals surface area contributed by atoms with Gasteiger partial charge in [0.25, 0.3) is 0 Å². The number of benzene rings is 1. The summed E-state index contributed by atoms with van der Waals surface area (Å²) in [6.45, 7) is 0. The molecule has 2 aromatic rings. The van der Waals surface area contributed by atoms with E-state index in [1.165, 1.54) is 0 Å². The topological polar surface area (TPSA) is 14.2 Å². The lowest BCUT2D eigenvalue weighted by atomic mass is 10.3. The summed E-state index contributed by atoms with van der Waals surface area (Å²) in [6.07, 6.45) is 0. The monoisotopic (exact) mass is 179 g/mol.